The molecule has 0 heterocycles. The second-order valence-corrected chi connectivity index (χ2v) is 9.01. The zero-order valence-corrected chi connectivity index (χ0v) is 15.8. The molecule has 1 aromatic carbocycles. The molecule has 0 saturated carbocycles. The quantitative estimate of drug-likeness (QED) is 0.317. The highest BCUT2D eigenvalue weighted by atomic mass is 32.2. The molecule has 1 atom stereocenters. The summed E-state index contributed by atoms with van der Waals surface area (Å²) < 4.78 is 44.1. The molecular weight excluding hydrogens is 369 g/mol. The zero-order valence-electron chi connectivity index (χ0n) is 14.1. The molecule has 25 heavy (non-hydrogen) atoms. The number of phosphoric acid groups is 1. The van der Waals surface area contributed by atoms with E-state index < -0.39 is 29.3 Å². The predicted octanol–water partition coefficient (Wildman–Crippen LogP) is 2.00. The Kier molecular flexibility index (Phi) is 9.31. The van der Waals surface area contributed by atoms with E-state index in [4.69, 9.17) is 4.52 Å². The monoisotopic (exact) mass is 393 g/mol. The van der Waals surface area contributed by atoms with Crippen molar-refractivity contribution < 1.29 is 31.8 Å². The summed E-state index contributed by atoms with van der Waals surface area (Å²) in [5.74, 6) is -1.93. The van der Waals surface area contributed by atoms with Crippen molar-refractivity contribution in [1.29, 1.82) is 0 Å². The van der Waals surface area contributed by atoms with Gasteiger partial charge in [-0.2, -0.15) is 4.62 Å². The summed E-state index contributed by atoms with van der Waals surface area (Å²) in [5, 5.41) is 0. The number of hydrogen-bond donors (Lipinski definition) is 2. The highest BCUT2D eigenvalue weighted by molar-refractivity contribution is 7.92. The van der Waals surface area contributed by atoms with E-state index in [0.717, 1.165) is 18.4 Å². The summed E-state index contributed by atoms with van der Waals surface area (Å²) in [6, 6.07) is 9.16. The summed E-state index contributed by atoms with van der Waals surface area (Å²) in [4.78, 5) is 21.0. The van der Waals surface area contributed by atoms with Gasteiger partial charge in [-0.3, -0.25) is 9.32 Å². The molecule has 1 aromatic rings. The third kappa shape index (κ3) is 10.4. The Hall–Kier alpha value is -1.25. The van der Waals surface area contributed by atoms with E-state index in [-0.39, 0.29) is 12.4 Å². The van der Waals surface area contributed by atoms with Crippen LogP contribution >= 0.6 is 7.82 Å². The third-order valence-corrected chi connectivity index (χ3v) is 5.62. The first-order valence-electron chi connectivity index (χ1n) is 7.93. The fourth-order valence-corrected chi connectivity index (χ4v) is 3.77. The fraction of sp³-hybridized carbons (Fsp3) is 0.533. The molecule has 0 bridgehead atoms. The number of rotatable bonds is 12. The maximum atomic E-state index is 11.7. The molecule has 142 valence electrons. The van der Waals surface area contributed by atoms with Crippen LogP contribution in [-0.4, -0.2) is 37.3 Å². The maximum Gasteiger partial charge on any atom is 0.493 e. The normalized spacial score (nSPS) is 14.0. The van der Waals surface area contributed by atoms with E-state index in [0.29, 0.717) is 12.8 Å². The van der Waals surface area contributed by atoms with Gasteiger partial charge in [0.1, 0.15) is 5.75 Å². The van der Waals surface area contributed by atoms with E-state index in [1.165, 1.54) is 0 Å². The number of nitrogens with one attached hydrogen (secondary N) is 1. The van der Waals surface area contributed by atoms with Crippen molar-refractivity contribution in [2.45, 2.75) is 32.6 Å². The molecule has 0 aliphatic heterocycles. The summed E-state index contributed by atoms with van der Waals surface area (Å²) >= 11 is 0. The number of hydrogen-bond acceptors (Lipinski definition) is 6. The lowest BCUT2D eigenvalue weighted by atomic mass is 10.2. The highest BCUT2D eigenvalue weighted by Gasteiger charge is 2.24. The van der Waals surface area contributed by atoms with Crippen molar-refractivity contribution >= 4 is 23.6 Å². The minimum Gasteiger partial charge on any atom is -0.301 e. The molecule has 0 fully saturated rings. The van der Waals surface area contributed by atoms with Gasteiger partial charge in [-0.15, -0.1) is 0 Å². The maximum absolute atomic E-state index is 11.7. The number of amides is 1. The number of carbonyl (C=O) groups excluding carboxylic acids is 1. The van der Waals surface area contributed by atoms with Gasteiger partial charge < -0.3 is 4.89 Å². The minimum absolute atomic E-state index is 0.0943. The van der Waals surface area contributed by atoms with Gasteiger partial charge in [-0.25, -0.2) is 18.5 Å². The second-order valence-electron chi connectivity index (χ2n) is 5.45. The van der Waals surface area contributed by atoms with Gasteiger partial charge in [0, 0.05) is 0 Å². The molecule has 8 nitrogen and oxygen atoms in total. The van der Waals surface area contributed by atoms with Crippen LogP contribution in [0, 0.1) is 0 Å². The number of sulfone groups is 1. The van der Waals surface area contributed by atoms with Crippen molar-refractivity contribution in [2.24, 2.45) is 0 Å². The first-order valence-corrected chi connectivity index (χ1v) is 11.2. The van der Waals surface area contributed by atoms with Crippen molar-refractivity contribution in [2.75, 3.05) is 18.1 Å². The zero-order chi connectivity index (χ0) is 18.8. The highest BCUT2D eigenvalue weighted by Crippen LogP contribution is 2.41. The van der Waals surface area contributed by atoms with Gasteiger partial charge in [0.15, 0.2) is 9.84 Å². The van der Waals surface area contributed by atoms with E-state index >= 15 is 0 Å². The molecule has 0 aliphatic carbocycles. The first kappa shape index (κ1) is 21.8. The van der Waals surface area contributed by atoms with Crippen LogP contribution in [0.25, 0.3) is 0 Å². The smallest absolute Gasteiger partial charge is 0.301 e. The van der Waals surface area contributed by atoms with Crippen LogP contribution < -0.4 is 5.48 Å². The van der Waals surface area contributed by atoms with Gasteiger partial charge in [-0.05, 0) is 18.4 Å². The average molecular weight is 393 g/mol. The van der Waals surface area contributed by atoms with Crippen molar-refractivity contribution in [3.05, 3.63) is 35.9 Å². The van der Waals surface area contributed by atoms with Crippen LogP contribution in [0.1, 0.15) is 31.7 Å². The predicted molar refractivity (Wildman–Crippen MR) is 93.3 cm³/mol. The van der Waals surface area contributed by atoms with Crippen molar-refractivity contribution in [3.63, 3.8) is 0 Å². The van der Waals surface area contributed by atoms with Gasteiger partial charge in [0.05, 0.1) is 12.4 Å². The average Bonchev–Trinajstić information content (AvgIpc) is 2.54. The molecule has 1 rings (SSSR count). The van der Waals surface area contributed by atoms with E-state index in [1.807, 2.05) is 37.3 Å². The van der Waals surface area contributed by atoms with E-state index in [2.05, 4.69) is 4.62 Å². The van der Waals surface area contributed by atoms with Crippen LogP contribution in [0.2, 0.25) is 0 Å². The fourth-order valence-electron chi connectivity index (χ4n) is 1.93. The number of carbonyl (C=O) groups is 1. The number of unbranched alkanes of at least 4 members (excludes halogenated alkanes) is 2. The molecule has 0 radical (unpaired) electrons. The van der Waals surface area contributed by atoms with Crippen LogP contribution in [0.3, 0.4) is 0 Å². The van der Waals surface area contributed by atoms with Crippen LogP contribution in [-0.2, 0) is 34.8 Å². The lowest BCUT2D eigenvalue weighted by Crippen LogP contribution is -2.31. The number of phosphoric ester groups is 1. The Balaban J connectivity index is 2.32. The third-order valence-electron chi connectivity index (χ3n) is 3.17. The van der Waals surface area contributed by atoms with Gasteiger partial charge >= 0.3 is 7.82 Å². The van der Waals surface area contributed by atoms with E-state index in [9.17, 15) is 22.7 Å². The minimum atomic E-state index is -4.50. The molecule has 1 amide bonds. The number of benzene rings is 1. The standard InChI is InChI=1S/C15H24NO7PS/c1-2-3-7-12-25(20,21)13-15(17)16-23-24(18,19)22-11-10-14-8-5-4-6-9-14/h4-6,8-9H,2-3,7,10-13H2,1H3,(H,16,17)(H,18,19). The molecule has 10 heteroatoms. The summed E-state index contributed by atoms with van der Waals surface area (Å²) in [5.41, 5.74) is 2.57. The molecule has 1 unspecified atom stereocenters. The molecule has 0 saturated heterocycles. The summed E-state index contributed by atoms with van der Waals surface area (Å²) in [7, 11) is -8.08. The Morgan fingerprint density at radius 2 is 1.92 bits per heavy atom. The van der Waals surface area contributed by atoms with Crippen LogP contribution in [0.5, 0.6) is 0 Å². The van der Waals surface area contributed by atoms with Crippen molar-refractivity contribution in [1.82, 2.24) is 5.48 Å². The Morgan fingerprint density at radius 1 is 1.24 bits per heavy atom. The molecule has 0 aliphatic rings. The molecule has 0 aromatic heterocycles. The summed E-state index contributed by atoms with van der Waals surface area (Å²) in [6.07, 6.45) is 2.46. The molecular formula is C15H24NO7PS. The largest absolute Gasteiger partial charge is 0.493 e. The van der Waals surface area contributed by atoms with Gasteiger partial charge in [0.2, 0.25) is 0 Å². The van der Waals surface area contributed by atoms with Crippen LogP contribution in [0.4, 0.5) is 0 Å². The second kappa shape index (κ2) is 10.7. The topological polar surface area (TPSA) is 119 Å². The van der Waals surface area contributed by atoms with Gasteiger partial charge in [-0.1, -0.05) is 50.1 Å². The van der Waals surface area contributed by atoms with Gasteiger partial charge in [0.25, 0.3) is 5.91 Å². The lowest BCUT2D eigenvalue weighted by Gasteiger charge is -2.12. The SMILES string of the molecule is CCCCCS(=O)(=O)CC(=O)NOP(=O)(O)OCCc1ccccc1. The number of hydroxylamine groups is 1. The lowest BCUT2D eigenvalue weighted by molar-refractivity contribution is -0.126. The Morgan fingerprint density at radius 3 is 2.56 bits per heavy atom. The van der Waals surface area contributed by atoms with Crippen molar-refractivity contribution in [3.8, 4) is 0 Å². The summed E-state index contributed by atoms with van der Waals surface area (Å²) in [6.45, 7) is 1.84. The van der Waals surface area contributed by atoms with Crippen LogP contribution in [0.15, 0.2) is 30.3 Å². The Labute approximate surface area is 148 Å². The first-order chi connectivity index (χ1) is 11.7. The molecule has 2 N–H and O–H groups in total. The van der Waals surface area contributed by atoms with E-state index in [1.54, 1.807) is 5.48 Å². The Bertz CT molecular complexity index is 678. The molecule has 0 spiro atoms.